The zero-order chi connectivity index (χ0) is 23.8. The Hall–Kier alpha value is -2.52. The molecule has 3 aromatic rings. The van der Waals surface area contributed by atoms with Crippen LogP contribution in [-0.4, -0.2) is 49.9 Å². The first-order valence-corrected chi connectivity index (χ1v) is 12.1. The van der Waals surface area contributed by atoms with Crippen LogP contribution in [0.3, 0.4) is 0 Å². The number of aromatic nitrogens is 4. The minimum Gasteiger partial charge on any atom is -0.444 e. The predicted octanol–water partition coefficient (Wildman–Crippen LogP) is 5.12. The molecule has 0 aliphatic carbocycles. The van der Waals surface area contributed by atoms with Crippen molar-refractivity contribution in [1.29, 1.82) is 0 Å². The third-order valence-electron chi connectivity index (χ3n) is 5.61. The fraction of sp³-hybridized carbons (Fsp3) is 0.478. The molecule has 1 amide bonds. The van der Waals surface area contributed by atoms with Crippen LogP contribution in [0.25, 0.3) is 5.65 Å². The van der Waals surface area contributed by atoms with Crippen molar-refractivity contribution >= 4 is 41.1 Å². The highest BCUT2D eigenvalue weighted by Gasteiger charge is 2.34. The molecule has 33 heavy (non-hydrogen) atoms. The summed E-state index contributed by atoms with van der Waals surface area (Å²) in [5.41, 5.74) is 0.916. The van der Waals surface area contributed by atoms with Crippen LogP contribution in [0.4, 0.5) is 10.7 Å². The molecule has 0 unspecified atom stereocenters. The first-order valence-electron chi connectivity index (χ1n) is 10.9. The first-order chi connectivity index (χ1) is 15.5. The number of anilines is 1. The van der Waals surface area contributed by atoms with Crippen LogP contribution in [0.1, 0.15) is 46.1 Å². The van der Waals surface area contributed by atoms with Crippen LogP contribution in [0, 0.1) is 6.92 Å². The molecule has 1 aliphatic rings. The highest BCUT2D eigenvalue weighted by atomic mass is 35.5. The van der Waals surface area contributed by atoms with Gasteiger partial charge in [0.05, 0.1) is 9.92 Å². The first kappa shape index (κ1) is 23.6. The molecule has 4 rings (SSSR count). The second-order valence-electron chi connectivity index (χ2n) is 9.61. The standard InChI is InChI=1S/C23H29ClN6O2S/c1-15-7-6-8-16(18(15)24)33-17-13-25-20(30-14-26-28-19(17)30)29-11-9-23(5,10-12-29)27-21(31)32-22(2,3)4/h6-8,13-14H,9-12H2,1-5H3,(H,27,31). The van der Waals surface area contributed by atoms with E-state index in [0.717, 1.165) is 57.9 Å². The quantitative estimate of drug-likeness (QED) is 0.545. The van der Waals surface area contributed by atoms with Gasteiger partial charge in [-0.2, -0.15) is 0 Å². The van der Waals surface area contributed by atoms with Crippen molar-refractivity contribution in [2.45, 2.75) is 68.4 Å². The Bertz CT molecular complexity index is 1170. The summed E-state index contributed by atoms with van der Waals surface area (Å²) in [5.74, 6) is 0.786. The van der Waals surface area contributed by atoms with Crippen molar-refractivity contribution < 1.29 is 9.53 Å². The number of alkyl carbamates (subject to hydrolysis) is 1. The van der Waals surface area contributed by atoms with E-state index in [1.165, 1.54) is 11.8 Å². The normalized spacial score (nSPS) is 16.1. The highest BCUT2D eigenvalue weighted by Crippen LogP contribution is 2.37. The highest BCUT2D eigenvalue weighted by molar-refractivity contribution is 7.99. The van der Waals surface area contributed by atoms with E-state index in [2.05, 4.69) is 27.3 Å². The Balaban J connectivity index is 1.49. The topological polar surface area (TPSA) is 84.7 Å². The summed E-state index contributed by atoms with van der Waals surface area (Å²) in [4.78, 5) is 21.0. The van der Waals surface area contributed by atoms with Crippen molar-refractivity contribution in [2.75, 3.05) is 18.0 Å². The number of nitrogens with zero attached hydrogens (tertiary/aromatic N) is 5. The number of aryl methyl sites for hydroxylation is 1. The van der Waals surface area contributed by atoms with Crippen molar-refractivity contribution in [1.82, 2.24) is 24.9 Å². The van der Waals surface area contributed by atoms with Gasteiger partial charge in [-0.25, -0.2) is 14.2 Å². The Labute approximate surface area is 203 Å². The van der Waals surface area contributed by atoms with E-state index in [1.807, 2.05) is 56.5 Å². The van der Waals surface area contributed by atoms with Gasteiger partial charge >= 0.3 is 6.09 Å². The second-order valence-corrected chi connectivity index (χ2v) is 11.1. The summed E-state index contributed by atoms with van der Waals surface area (Å²) in [6.45, 7) is 11.1. The summed E-state index contributed by atoms with van der Waals surface area (Å²) >= 11 is 8.02. The summed E-state index contributed by atoms with van der Waals surface area (Å²) < 4.78 is 7.35. The second kappa shape index (κ2) is 9.02. The van der Waals surface area contributed by atoms with Gasteiger partial charge in [-0.05, 0) is 59.1 Å². The molecule has 0 atom stereocenters. The Morgan fingerprint density at radius 1 is 1.24 bits per heavy atom. The number of ether oxygens (including phenoxy) is 1. The van der Waals surface area contributed by atoms with Gasteiger partial charge < -0.3 is 15.0 Å². The molecule has 0 spiro atoms. The van der Waals surface area contributed by atoms with Crippen LogP contribution in [0.5, 0.6) is 0 Å². The number of halogens is 1. The summed E-state index contributed by atoms with van der Waals surface area (Å²) in [6, 6.07) is 5.97. The predicted molar refractivity (Wildman–Crippen MR) is 130 cm³/mol. The van der Waals surface area contributed by atoms with Crippen LogP contribution < -0.4 is 10.2 Å². The average molecular weight is 489 g/mol. The summed E-state index contributed by atoms with van der Waals surface area (Å²) in [7, 11) is 0. The lowest BCUT2D eigenvalue weighted by molar-refractivity contribution is 0.0448. The van der Waals surface area contributed by atoms with E-state index in [9.17, 15) is 4.79 Å². The van der Waals surface area contributed by atoms with Gasteiger partial charge in [0.15, 0.2) is 5.65 Å². The number of rotatable bonds is 4. The van der Waals surface area contributed by atoms with Crippen LogP contribution in [0.2, 0.25) is 5.02 Å². The fourth-order valence-corrected chi connectivity index (χ4v) is 5.00. The molecular formula is C23H29ClN6O2S. The number of piperidine rings is 1. The maximum absolute atomic E-state index is 12.3. The maximum Gasteiger partial charge on any atom is 0.408 e. The fourth-order valence-electron chi connectivity index (χ4n) is 3.78. The Kier molecular flexibility index (Phi) is 6.46. The molecule has 10 heteroatoms. The van der Waals surface area contributed by atoms with E-state index in [1.54, 1.807) is 6.33 Å². The largest absolute Gasteiger partial charge is 0.444 e. The molecule has 1 aliphatic heterocycles. The summed E-state index contributed by atoms with van der Waals surface area (Å²) in [6.07, 6.45) is 4.68. The SMILES string of the molecule is Cc1cccc(Sc2cnc(N3CCC(C)(NC(=O)OC(C)(C)C)CC3)n3cnnc23)c1Cl. The molecule has 1 saturated heterocycles. The third kappa shape index (κ3) is 5.35. The Morgan fingerprint density at radius 3 is 2.67 bits per heavy atom. The van der Waals surface area contributed by atoms with Crippen molar-refractivity contribution in [2.24, 2.45) is 0 Å². The van der Waals surface area contributed by atoms with Crippen molar-refractivity contribution in [3.63, 3.8) is 0 Å². The number of amides is 1. The molecule has 2 aromatic heterocycles. The third-order valence-corrected chi connectivity index (χ3v) is 7.29. The number of fused-ring (bicyclic) bond motifs is 1. The monoisotopic (exact) mass is 488 g/mol. The molecule has 8 nitrogen and oxygen atoms in total. The lowest BCUT2D eigenvalue weighted by atomic mass is 9.90. The molecule has 1 aromatic carbocycles. The molecule has 1 fully saturated rings. The van der Waals surface area contributed by atoms with Gasteiger partial charge in [0.25, 0.3) is 0 Å². The van der Waals surface area contributed by atoms with Gasteiger partial charge in [-0.1, -0.05) is 35.5 Å². The maximum atomic E-state index is 12.3. The molecular weight excluding hydrogens is 460 g/mol. The Morgan fingerprint density at radius 2 is 1.97 bits per heavy atom. The van der Waals surface area contributed by atoms with Crippen molar-refractivity contribution in [3.8, 4) is 0 Å². The lowest BCUT2D eigenvalue weighted by Crippen LogP contribution is -2.54. The molecule has 0 bridgehead atoms. The van der Waals surface area contributed by atoms with E-state index in [-0.39, 0.29) is 11.6 Å². The summed E-state index contributed by atoms with van der Waals surface area (Å²) in [5, 5.41) is 12.2. The number of hydrogen-bond donors (Lipinski definition) is 1. The van der Waals surface area contributed by atoms with Crippen LogP contribution >= 0.6 is 23.4 Å². The van der Waals surface area contributed by atoms with Gasteiger partial charge in [0, 0.05) is 29.7 Å². The number of nitrogens with one attached hydrogen (secondary N) is 1. The zero-order valence-electron chi connectivity index (χ0n) is 19.6. The van der Waals surface area contributed by atoms with Crippen molar-refractivity contribution in [3.05, 3.63) is 41.3 Å². The molecule has 0 radical (unpaired) electrons. The van der Waals surface area contributed by atoms with E-state index < -0.39 is 5.60 Å². The van der Waals surface area contributed by atoms with E-state index in [0.29, 0.717) is 0 Å². The van der Waals surface area contributed by atoms with Crippen LogP contribution in [0.15, 0.2) is 40.5 Å². The number of hydrogen-bond acceptors (Lipinski definition) is 7. The molecule has 1 N–H and O–H groups in total. The minimum absolute atomic E-state index is 0.331. The zero-order valence-corrected chi connectivity index (χ0v) is 21.1. The van der Waals surface area contributed by atoms with Gasteiger partial charge in [-0.15, -0.1) is 10.2 Å². The minimum atomic E-state index is -0.520. The van der Waals surface area contributed by atoms with Gasteiger partial charge in [-0.3, -0.25) is 0 Å². The number of carbonyl (C=O) groups is 1. The number of benzene rings is 1. The smallest absolute Gasteiger partial charge is 0.408 e. The molecule has 0 saturated carbocycles. The van der Waals surface area contributed by atoms with Crippen LogP contribution in [-0.2, 0) is 4.74 Å². The van der Waals surface area contributed by atoms with E-state index in [4.69, 9.17) is 21.3 Å². The molecule has 176 valence electrons. The van der Waals surface area contributed by atoms with Gasteiger partial charge in [0.2, 0.25) is 5.95 Å². The van der Waals surface area contributed by atoms with Gasteiger partial charge in [0.1, 0.15) is 11.9 Å². The lowest BCUT2D eigenvalue weighted by Gasteiger charge is -2.40. The number of carbonyl (C=O) groups excluding carboxylic acids is 1. The molecule has 3 heterocycles. The van der Waals surface area contributed by atoms with E-state index >= 15 is 0 Å². The average Bonchev–Trinajstić information content (AvgIpc) is 3.21.